The van der Waals surface area contributed by atoms with Crippen molar-refractivity contribution in [3.05, 3.63) is 0 Å². The monoisotopic (exact) mass is 328 g/mol. The Labute approximate surface area is 136 Å². The summed E-state index contributed by atoms with van der Waals surface area (Å²) in [5, 5.41) is 0. The minimum atomic E-state index is -1.97. The van der Waals surface area contributed by atoms with Gasteiger partial charge in [0.1, 0.15) is 11.7 Å². The van der Waals surface area contributed by atoms with Crippen LogP contribution in [0.4, 0.5) is 0 Å². The van der Waals surface area contributed by atoms with Crippen molar-refractivity contribution >= 4 is 20.1 Å². The Balaban J connectivity index is 2.95. The maximum atomic E-state index is 12.0. The maximum absolute atomic E-state index is 12.0. The first-order valence-corrected chi connectivity index (χ1v) is 10.6. The summed E-state index contributed by atoms with van der Waals surface area (Å²) >= 11 is 0. The SMILES string of the molecule is COC(=O)C1CC(O[Si](C(C)C)(C(C)C)C(C)C)CCC1=O. The van der Waals surface area contributed by atoms with Gasteiger partial charge >= 0.3 is 5.97 Å². The largest absolute Gasteiger partial charge is 0.468 e. The molecule has 0 amide bonds. The van der Waals surface area contributed by atoms with Gasteiger partial charge in [-0.15, -0.1) is 0 Å². The number of esters is 1. The second kappa shape index (κ2) is 7.73. The summed E-state index contributed by atoms with van der Waals surface area (Å²) in [5.41, 5.74) is 1.50. The van der Waals surface area contributed by atoms with Gasteiger partial charge in [-0.05, 0) is 29.5 Å². The number of hydrogen-bond acceptors (Lipinski definition) is 4. The average molecular weight is 329 g/mol. The maximum Gasteiger partial charge on any atom is 0.316 e. The normalized spacial score (nSPS) is 23.5. The molecule has 0 aromatic rings. The first-order chi connectivity index (χ1) is 10.2. The van der Waals surface area contributed by atoms with E-state index in [9.17, 15) is 9.59 Å². The Morgan fingerprint density at radius 1 is 1.09 bits per heavy atom. The van der Waals surface area contributed by atoms with Crippen molar-refractivity contribution in [2.24, 2.45) is 5.92 Å². The molecule has 0 spiro atoms. The van der Waals surface area contributed by atoms with Gasteiger partial charge in [0.05, 0.1) is 7.11 Å². The molecule has 0 aliphatic heterocycles. The van der Waals surface area contributed by atoms with E-state index in [1.54, 1.807) is 0 Å². The molecule has 1 aliphatic carbocycles. The number of ketones is 1. The van der Waals surface area contributed by atoms with Crippen LogP contribution < -0.4 is 0 Å². The van der Waals surface area contributed by atoms with E-state index in [2.05, 4.69) is 41.5 Å². The summed E-state index contributed by atoms with van der Waals surface area (Å²) < 4.78 is 11.5. The van der Waals surface area contributed by atoms with E-state index < -0.39 is 20.2 Å². The van der Waals surface area contributed by atoms with Gasteiger partial charge in [-0.3, -0.25) is 9.59 Å². The first kappa shape index (κ1) is 19.4. The Kier molecular flexibility index (Phi) is 6.80. The summed E-state index contributed by atoms with van der Waals surface area (Å²) in [5.74, 6) is -1.05. The average Bonchev–Trinajstić information content (AvgIpc) is 2.44. The molecule has 0 aromatic heterocycles. The second-order valence-electron chi connectivity index (χ2n) is 7.37. The highest BCUT2D eigenvalue weighted by Gasteiger charge is 2.48. The molecule has 1 rings (SSSR count). The van der Waals surface area contributed by atoms with E-state index >= 15 is 0 Å². The lowest BCUT2D eigenvalue weighted by atomic mass is 9.86. The molecule has 0 saturated heterocycles. The summed E-state index contributed by atoms with van der Waals surface area (Å²) in [4.78, 5) is 23.8. The fourth-order valence-electron chi connectivity index (χ4n) is 4.16. The van der Waals surface area contributed by atoms with E-state index in [0.29, 0.717) is 29.5 Å². The molecule has 0 aromatic carbocycles. The van der Waals surface area contributed by atoms with Crippen molar-refractivity contribution < 1.29 is 18.8 Å². The van der Waals surface area contributed by atoms with Gasteiger partial charge in [-0.2, -0.15) is 0 Å². The van der Waals surface area contributed by atoms with Crippen LogP contribution in [0.15, 0.2) is 0 Å². The molecule has 1 fully saturated rings. The standard InChI is InChI=1S/C17H32O4Si/c1-11(2)22(12(3)4,13(5)6)21-14-8-9-16(18)15(10-14)17(19)20-7/h11-15H,8-10H2,1-7H3. The topological polar surface area (TPSA) is 52.6 Å². The van der Waals surface area contributed by atoms with Crippen LogP contribution in [0.3, 0.4) is 0 Å². The molecule has 5 heteroatoms. The van der Waals surface area contributed by atoms with Gasteiger partial charge in [-0.1, -0.05) is 41.5 Å². The summed E-state index contributed by atoms with van der Waals surface area (Å²) in [6.07, 6.45) is 1.63. The minimum absolute atomic E-state index is 0.000617. The predicted molar refractivity (Wildman–Crippen MR) is 90.3 cm³/mol. The Bertz CT molecular complexity index is 374. The van der Waals surface area contributed by atoms with Crippen LogP contribution in [0.2, 0.25) is 16.6 Å². The predicted octanol–water partition coefficient (Wildman–Crippen LogP) is 4.09. The summed E-state index contributed by atoms with van der Waals surface area (Å²) in [6, 6.07) is 0. The summed E-state index contributed by atoms with van der Waals surface area (Å²) in [6.45, 7) is 13.5. The van der Waals surface area contributed by atoms with Gasteiger partial charge in [-0.25, -0.2) is 0 Å². The molecule has 1 saturated carbocycles. The van der Waals surface area contributed by atoms with E-state index in [-0.39, 0.29) is 11.9 Å². The van der Waals surface area contributed by atoms with E-state index in [1.165, 1.54) is 7.11 Å². The number of hydrogen-bond donors (Lipinski definition) is 0. The van der Waals surface area contributed by atoms with Gasteiger partial charge in [0.2, 0.25) is 8.32 Å². The number of methoxy groups -OCH3 is 1. The van der Waals surface area contributed by atoms with Crippen LogP contribution >= 0.6 is 0 Å². The van der Waals surface area contributed by atoms with E-state index in [1.807, 2.05) is 0 Å². The van der Waals surface area contributed by atoms with E-state index in [0.717, 1.165) is 6.42 Å². The van der Waals surface area contributed by atoms with Crippen molar-refractivity contribution in [3.63, 3.8) is 0 Å². The van der Waals surface area contributed by atoms with Crippen LogP contribution in [0.5, 0.6) is 0 Å². The fraction of sp³-hybridized carbons (Fsp3) is 0.882. The lowest BCUT2D eigenvalue weighted by Gasteiger charge is -2.45. The molecule has 4 nitrogen and oxygen atoms in total. The van der Waals surface area contributed by atoms with Crippen molar-refractivity contribution in [1.29, 1.82) is 0 Å². The molecule has 0 radical (unpaired) electrons. The highest BCUT2D eigenvalue weighted by Crippen LogP contribution is 2.44. The third-order valence-corrected chi connectivity index (χ3v) is 11.3. The third-order valence-electron chi connectivity index (χ3n) is 5.16. The van der Waals surface area contributed by atoms with Crippen molar-refractivity contribution in [1.82, 2.24) is 0 Å². The zero-order chi connectivity index (χ0) is 17.1. The molecular weight excluding hydrogens is 296 g/mol. The van der Waals surface area contributed by atoms with Crippen LogP contribution in [0.25, 0.3) is 0 Å². The van der Waals surface area contributed by atoms with Gasteiger partial charge in [0, 0.05) is 12.5 Å². The molecule has 2 unspecified atom stereocenters. The first-order valence-electron chi connectivity index (χ1n) is 8.45. The van der Waals surface area contributed by atoms with Crippen LogP contribution in [0, 0.1) is 5.92 Å². The fourth-order valence-corrected chi connectivity index (χ4v) is 9.77. The molecule has 2 atom stereocenters. The molecule has 22 heavy (non-hydrogen) atoms. The Hall–Kier alpha value is -0.683. The molecule has 0 N–H and O–H groups in total. The Morgan fingerprint density at radius 3 is 2.00 bits per heavy atom. The van der Waals surface area contributed by atoms with Crippen molar-refractivity contribution in [3.8, 4) is 0 Å². The molecule has 0 bridgehead atoms. The molecule has 128 valence electrons. The van der Waals surface area contributed by atoms with Crippen LogP contribution in [-0.2, 0) is 18.8 Å². The Morgan fingerprint density at radius 2 is 1.59 bits per heavy atom. The van der Waals surface area contributed by atoms with Crippen LogP contribution in [0.1, 0.15) is 60.8 Å². The van der Waals surface area contributed by atoms with Crippen LogP contribution in [-0.4, -0.2) is 33.3 Å². The minimum Gasteiger partial charge on any atom is -0.468 e. The highest BCUT2D eigenvalue weighted by molar-refractivity contribution is 6.77. The summed E-state index contributed by atoms with van der Waals surface area (Å²) in [7, 11) is -0.632. The third kappa shape index (κ3) is 3.80. The molecule has 1 aliphatic rings. The van der Waals surface area contributed by atoms with Gasteiger partial charge in [0.25, 0.3) is 0 Å². The zero-order valence-electron chi connectivity index (χ0n) is 15.1. The van der Waals surface area contributed by atoms with Crippen molar-refractivity contribution in [2.75, 3.05) is 7.11 Å². The van der Waals surface area contributed by atoms with Gasteiger partial charge < -0.3 is 9.16 Å². The zero-order valence-corrected chi connectivity index (χ0v) is 16.1. The van der Waals surface area contributed by atoms with Crippen molar-refractivity contribution in [2.45, 2.75) is 83.5 Å². The number of rotatable bonds is 6. The smallest absolute Gasteiger partial charge is 0.316 e. The number of ether oxygens (including phenoxy) is 1. The number of carbonyl (C=O) groups is 2. The van der Waals surface area contributed by atoms with E-state index in [4.69, 9.17) is 9.16 Å². The lowest BCUT2D eigenvalue weighted by Crippen LogP contribution is -2.51. The second-order valence-corrected chi connectivity index (χ2v) is 12.8. The highest BCUT2D eigenvalue weighted by atomic mass is 28.4. The number of Topliss-reactive ketones (excluding diaryl/α,β-unsaturated/α-hetero) is 1. The molecule has 0 heterocycles. The molecular formula is C17H32O4Si. The number of carbonyl (C=O) groups excluding carboxylic acids is 2. The lowest BCUT2D eigenvalue weighted by molar-refractivity contribution is -0.152. The van der Waals surface area contributed by atoms with Gasteiger partial charge in [0.15, 0.2) is 0 Å². The quantitative estimate of drug-likeness (QED) is 0.419.